The molecular formula is C16H14BrN3O. The van der Waals surface area contributed by atoms with Crippen LogP contribution in [0.4, 0.5) is 5.69 Å². The quantitative estimate of drug-likeness (QED) is 0.759. The molecule has 0 unspecified atom stereocenters. The van der Waals surface area contributed by atoms with Gasteiger partial charge in [0.2, 0.25) is 5.89 Å². The lowest BCUT2D eigenvalue weighted by atomic mass is 10.1. The lowest BCUT2D eigenvalue weighted by molar-refractivity contribution is 0.378. The lowest BCUT2D eigenvalue weighted by Crippen LogP contribution is -1.99. The first-order valence-corrected chi connectivity index (χ1v) is 7.44. The van der Waals surface area contributed by atoms with E-state index in [4.69, 9.17) is 4.52 Å². The Hall–Kier alpha value is -2.14. The molecule has 3 aromatic rings. The predicted octanol–water partition coefficient (Wildman–Crippen LogP) is 4.04. The molecule has 0 fully saturated rings. The molecule has 0 saturated heterocycles. The number of hydrogen-bond acceptors (Lipinski definition) is 4. The highest BCUT2D eigenvalue weighted by Crippen LogP contribution is 2.18. The number of nitrogens with one attached hydrogen (secondary N) is 1. The van der Waals surface area contributed by atoms with Crippen molar-refractivity contribution >= 4 is 21.6 Å². The van der Waals surface area contributed by atoms with Crippen molar-refractivity contribution in [1.29, 1.82) is 0 Å². The number of anilines is 1. The molecule has 0 aliphatic carbocycles. The van der Waals surface area contributed by atoms with E-state index in [1.54, 1.807) is 0 Å². The van der Waals surface area contributed by atoms with E-state index in [-0.39, 0.29) is 0 Å². The molecule has 0 saturated carbocycles. The molecule has 0 spiro atoms. The fraction of sp³-hybridized carbons (Fsp3) is 0.125. The van der Waals surface area contributed by atoms with Gasteiger partial charge in [-0.1, -0.05) is 57.5 Å². The minimum Gasteiger partial charge on any atom is -0.376 e. The average molecular weight is 344 g/mol. The van der Waals surface area contributed by atoms with E-state index in [9.17, 15) is 0 Å². The van der Waals surface area contributed by atoms with Gasteiger partial charge in [0.1, 0.15) is 0 Å². The number of nitrogens with zero attached hydrogens (tertiary/aromatic N) is 2. The second-order valence-electron chi connectivity index (χ2n) is 4.59. The summed E-state index contributed by atoms with van der Waals surface area (Å²) in [5.74, 6) is 1.27. The van der Waals surface area contributed by atoms with E-state index < -0.39 is 0 Å². The van der Waals surface area contributed by atoms with Gasteiger partial charge in [-0.25, -0.2) is 0 Å². The summed E-state index contributed by atoms with van der Waals surface area (Å²) < 4.78 is 6.31. The summed E-state index contributed by atoms with van der Waals surface area (Å²) in [5.41, 5.74) is 2.17. The van der Waals surface area contributed by atoms with Crippen molar-refractivity contribution < 1.29 is 4.52 Å². The SMILES string of the molecule is Brc1ccccc1Cc1noc(CNc2ccccc2)n1. The molecule has 0 atom stereocenters. The van der Waals surface area contributed by atoms with E-state index in [0.29, 0.717) is 24.7 Å². The van der Waals surface area contributed by atoms with E-state index in [2.05, 4.69) is 31.4 Å². The topological polar surface area (TPSA) is 51.0 Å². The molecule has 0 radical (unpaired) electrons. The Bertz CT molecular complexity index is 712. The molecule has 0 aliphatic rings. The van der Waals surface area contributed by atoms with Crippen molar-refractivity contribution in [3.8, 4) is 0 Å². The highest BCUT2D eigenvalue weighted by atomic mass is 79.9. The maximum Gasteiger partial charge on any atom is 0.245 e. The van der Waals surface area contributed by atoms with Crippen LogP contribution in [-0.2, 0) is 13.0 Å². The zero-order valence-electron chi connectivity index (χ0n) is 11.3. The molecule has 1 heterocycles. The summed E-state index contributed by atoms with van der Waals surface area (Å²) >= 11 is 3.52. The van der Waals surface area contributed by atoms with Crippen molar-refractivity contribution in [1.82, 2.24) is 10.1 Å². The van der Waals surface area contributed by atoms with E-state index >= 15 is 0 Å². The van der Waals surface area contributed by atoms with E-state index in [1.165, 1.54) is 0 Å². The van der Waals surface area contributed by atoms with E-state index in [1.807, 2.05) is 54.6 Å². The third-order valence-electron chi connectivity index (χ3n) is 3.03. The summed E-state index contributed by atoms with van der Waals surface area (Å²) in [7, 11) is 0. The number of benzene rings is 2. The monoisotopic (exact) mass is 343 g/mol. The molecule has 1 N–H and O–H groups in total. The van der Waals surface area contributed by atoms with Crippen LogP contribution in [0.5, 0.6) is 0 Å². The first-order valence-electron chi connectivity index (χ1n) is 6.65. The number of hydrogen-bond donors (Lipinski definition) is 1. The third-order valence-corrected chi connectivity index (χ3v) is 3.81. The highest BCUT2D eigenvalue weighted by Gasteiger charge is 2.08. The Morgan fingerprint density at radius 2 is 1.76 bits per heavy atom. The molecule has 4 nitrogen and oxygen atoms in total. The Kier molecular flexibility index (Phi) is 4.31. The number of para-hydroxylation sites is 1. The van der Waals surface area contributed by atoms with Crippen molar-refractivity contribution in [2.24, 2.45) is 0 Å². The summed E-state index contributed by atoms with van der Waals surface area (Å²) in [5, 5.41) is 7.26. The van der Waals surface area contributed by atoms with Crippen LogP contribution in [0, 0.1) is 0 Å². The van der Waals surface area contributed by atoms with Crippen molar-refractivity contribution in [3.05, 3.63) is 76.3 Å². The molecule has 106 valence electrons. The largest absolute Gasteiger partial charge is 0.376 e. The zero-order valence-corrected chi connectivity index (χ0v) is 12.9. The Labute approximate surface area is 131 Å². The summed E-state index contributed by atoms with van der Waals surface area (Å²) in [6, 6.07) is 18.0. The first-order chi connectivity index (χ1) is 10.3. The van der Waals surface area contributed by atoms with Crippen LogP contribution in [0.3, 0.4) is 0 Å². The Morgan fingerprint density at radius 3 is 2.57 bits per heavy atom. The van der Waals surface area contributed by atoms with Crippen molar-refractivity contribution in [3.63, 3.8) is 0 Å². The van der Waals surface area contributed by atoms with Crippen LogP contribution in [0.1, 0.15) is 17.3 Å². The molecule has 1 aromatic heterocycles. The standard InChI is InChI=1S/C16H14BrN3O/c17-14-9-5-4-6-12(14)10-15-19-16(21-20-15)11-18-13-7-2-1-3-8-13/h1-9,18H,10-11H2. The maximum atomic E-state index is 5.26. The first kappa shape index (κ1) is 13.8. The molecule has 0 aliphatic heterocycles. The summed E-state index contributed by atoms with van der Waals surface area (Å²) in [6.07, 6.45) is 0.649. The van der Waals surface area contributed by atoms with E-state index in [0.717, 1.165) is 15.7 Å². The predicted molar refractivity (Wildman–Crippen MR) is 85.0 cm³/mol. The lowest BCUT2D eigenvalue weighted by Gasteiger charge is -2.01. The smallest absolute Gasteiger partial charge is 0.245 e. The molecule has 5 heteroatoms. The van der Waals surface area contributed by atoms with Crippen LogP contribution >= 0.6 is 15.9 Å². The second kappa shape index (κ2) is 6.54. The van der Waals surface area contributed by atoms with Crippen LogP contribution in [0.15, 0.2) is 63.6 Å². The Morgan fingerprint density at radius 1 is 1.00 bits per heavy atom. The number of rotatable bonds is 5. The zero-order chi connectivity index (χ0) is 14.5. The van der Waals surface area contributed by atoms with Crippen molar-refractivity contribution in [2.45, 2.75) is 13.0 Å². The minimum absolute atomic E-state index is 0.521. The molecule has 21 heavy (non-hydrogen) atoms. The van der Waals surface area contributed by atoms with Gasteiger partial charge in [-0.15, -0.1) is 0 Å². The summed E-state index contributed by atoms with van der Waals surface area (Å²) in [6.45, 7) is 0.521. The van der Waals surface area contributed by atoms with Gasteiger partial charge in [0.15, 0.2) is 5.82 Å². The van der Waals surface area contributed by atoms with Crippen LogP contribution in [0.25, 0.3) is 0 Å². The Balaban J connectivity index is 1.63. The second-order valence-corrected chi connectivity index (χ2v) is 5.45. The van der Waals surface area contributed by atoms with Crippen LogP contribution in [-0.4, -0.2) is 10.1 Å². The van der Waals surface area contributed by atoms with Crippen LogP contribution in [0.2, 0.25) is 0 Å². The number of halogens is 1. The molecule has 0 bridgehead atoms. The van der Waals surface area contributed by atoms with Crippen LogP contribution < -0.4 is 5.32 Å². The minimum atomic E-state index is 0.521. The molecule has 3 rings (SSSR count). The molecule has 0 amide bonds. The molecular weight excluding hydrogens is 330 g/mol. The fourth-order valence-corrected chi connectivity index (χ4v) is 2.40. The normalized spacial score (nSPS) is 10.5. The van der Waals surface area contributed by atoms with Gasteiger partial charge in [0.05, 0.1) is 6.54 Å². The number of aromatic nitrogens is 2. The summed E-state index contributed by atoms with van der Waals surface area (Å²) in [4.78, 5) is 4.40. The van der Waals surface area contributed by atoms with Gasteiger partial charge in [0.25, 0.3) is 0 Å². The third kappa shape index (κ3) is 3.70. The molecule has 2 aromatic carbocycles. The van der Waals surface area contributed by atoms with Gasteiger partial charge >= 0.3 is 0 Å². The fourth-order valence-electron chi connectivity index (χ4n) is 1.98. The van der Waals surface area contributed by atoms with Gasteiger partial charge in [-0.2, -0.15) is 4.98 Å². The highest BCUT2D eigenvalue weighted by molar-refractivity contribution is 9.10. The van der Waals surface area contributed by atoms with Gasteiger partial charge in [-0.05, 0) is 23.8 Å². The average Bonchev–Trinajstić information content (AvgIpc) is 2.96. The van der Waals surface area contributed by atoms with Gasteiger partial charge < -0.3 is 9.84 Å². The van der Waals surface area contributed by atoms with Gasteiger partial charge in [-0.3, -0.25) is 0 Å². The van der Waals surface area contributed by atoms with Crippen molar-refractivity contribution in [2.75, 3.05) is 5.32 Å². The maximum absolute atomic E-state index is 5.26. The van der Waals surface area contributed by atoms with Gasteiger partial charge in [0, 0.05) is 16.6 Å².